The van der Waals surface area contributed by atoms with Crippen LogP contribution in [0.1, 0.15) is 53.9 Å². The van der Waals surface area contributed by atoms with Crippen LogP contribution < -0.4 is 0 Å². The molecule has 6 nitrogen and oxygen atoms in total. The minimum atomic E-state index is -0.400. The van der Waals surface area contributed by atoms with Crippen molar-refractivity contribution in [3.63, 3.8) is 0 Å². The van der Waals surface area contributed by atoms with Gasteiger partial charge in [0.1, 0.15) is 18.8 Å². The van der Waals surface area contributed by atoms with Crippen LogP contribution in [0.5, 0.6) is 0 Å². The largest absolute Gasteiger partial charge is 0.423 e. The Hall–Kier alpha value is -2.41. The molecule has 1 saturated carbocycles. The average Bonchev–Trinajstić information content (AvgIpc) is 3.50. The molecule has 2 heterocycles. The lowest BCUT2D eigenvalue weighted by molar-refractivity contribution is -0.165. The van der Waals surface area contributed by atoms with Crippen molar-refractivity contribution in [2.75, 3.05) is 6.61 Å². The van der Waals surface area contributed by atoms with E-state index in [0.717, 1.165) is 24.0 Å². The molecular weight excluding hydrogens is 437 g/mol. The zero-order chi connectivity index (χ0) is 21.5. The summed E-state index contributed by atoms with van der Waals surface area (Å²) in [5.74, 6) is 1.12. The van der Waals surface area contributed by atoms with Gasteiger partial charge in [-0.1, -0.05) is 47.5 Å². The van der Waals surface area contributed by atoms with Crippen LogP contribution in [0.25, 0.3) is 0 Å². The number of benzene rings is 2. The number of nitrogens with zero attached hydrogens (tertiary/aromatic N) is 3. The van der Waals surface area contributed by atoms with Crippen molar-refractivity contribution in [2.45, 2.75) is 38.0 Å². The quantitative estimate of drug-likeness (QED) is 0.507. The van der Waals surface area contributed by atoms with E-state index in [4.69, 9.17) is 32.4 Å². The van der Waals surface area contributed by atoms with Crippen LogP contribution in [0.2, 0.25) is 10.0 Å². The Kier molecular flexibility index (Phi) is 5.46. The van der Waals surface area contributed by atoms with Gasteiger partial charge in [-0.05, 0) is 54.2 Å². The van der Waals surface area contributed by atoms with Crippen LogP contribution >= 0.6 is 23.2 Å². The molecule has 3 aromatic rings. The molecule has 2 fully saturated rings. The number of aryl methyl sites for hydroxylation is 1. The number of hydrogen-bond acceptors (Lipinski definition) is 5. The van der Waals surface area contributed by atoms with Crippen LogP contribution in [0, 0.1) is 12.8 Å². The van der Waals surface area contributed by atoms with E-state index in [9.17, 15) is 4.79 Å². The highest BCUT2D eigenvalue weighted by atomic mass is 35.5. The predicted molar refractivity (Wildman–Crippen MR) is 116 cm³/mol. The first-order valence-corrected chi connectivity index (χ1v) is 11.0. The molecule has 3 atom stereocenters. The normalized spacial score (nSPS) is 22.5. The van der Waals surface area contributed by atoms with E-state index in [1.54, 1.807) is 6.92 Å². The number of amides is 1. The van der Waals surface area contributed by atoms with Gasteiger partial charge in [-0.25, -0.2) is 0 Å². The van der Waals surface area contributed by atoms with Gasteiger partial charge in [0, 0.05) is 17.0 Å². The first-order valence-electron chi connectivity index (χ1n) is 10.2. The molecule has 0 bridgehead atoms. The maximum absolute atomic E-state index is 13.3. The topological polar surface area (TPSA) is 68.5 Å². The molecule has 1 aliphatic carbocycles. The van der Waals surface area contributed by atoms with E-state index in [1.807, 2.05) is 53.4 Å². The number of carbonyl (C=O) groups excluding carboxylic acids is 1. The Labute approximate surface area is 190 Å². The number of aromatic nitrogens is 2. The Bertz CT molecular complexity index is 1100. The van der Waals surface area contributed by atoms with Gasteiger partial charge in [0.05, 0.1) is 6.04 Å². The lowest BCUT2D eigenvalue weighted by Gasteiger charge is -2.44. The second-order valence-electron chi connectivity index (χ2n) is 8.03. The summed E-state index contributed by atoms with van der Waals surface area (Å²) >= 11 is 12.4. The minimum Gasteiger partial charge on any atom is -0.423 e. The maximum atomic E-state index is 13.3. The van der Waals surface area contributed by atoms with E-state index in [2.05, 4.69) is 10.2 Å². The van der Waals surface area contributed by atoms with Crippen molar-refractivity contribution >= 4 is 29.1 Å². The average molecular weight is 458 g/mol. The first kappa shape index (κ1) is 20.5. The maximum Gasteiger partial charge on any atom is 0.249 e. The van der Waals surface area contributed by atoms with Crippen LogP contribution in [0.15, 0.2) is 52.9 Å². The molecule has 0 N–H and O–H groups in total. The van der Waals surface area contributed by atoms with Gasteiger partial charge in [0.15, 0.2) is 0 Å². The molecule has 2 aliphatic rings. The van der Waals surface area contributed by atoms with Crippen molar-refractivity contribution in [3.8, 4) is 0 Å². The van der Waals surface area contributed by atoms with Gasteiger partial charge in [0.25, 0.3) is 0 Å². The highest BCUT2D eigenvalue weighted by molar-refractivity contribution is 6.30. The third-order valence-electron chi connectivity index (χ3n) is 5.81. The van der Waals surface area contributed by atoms with Gasteiger partial charge in [0.2, 0.25) is 17.7 Å². The number of morpholine rings is 1. The fraction of sp³-hybridized carbons (Fsp3) is 0.348. The van der Waals surface area contributed by atoms with Crippen molar-refractivity contribution in [1.82, 2.24) is 15.1 Å². The summed E-state index contributed by atoms with van der Waals surface area (Å²) in [6, 6.07) is 14.4. The van der Waals surface area contributed by atoms with Crippen LogP contribution in [0.3, 0.4) is 0 Å². The summed E-state index contributed by atoms with van der Waals surface area (Å²) in [5, 5.41) is 9.54. The molecule has 0 radical (unpaired) electrons. The summed E-state index contributed by atoms with van der Waals surface area (Å²) in [5.41, 5.74) is 1.82. The number of hydrogen-bond donors (Lipinski definition) is 0. The molecule has 2 aromatic carbocycles. The number of halogens is 2. The second kappa shape index (κ2) is 8.26. The standard InChI is InChI=1S/C23H21Cl2N3O3/c1-13-26-27-23(31-13)21(15-5-6-15)28-19(29)12-30-22(16-3-2-4-18(25)11-16)20(28)14-7-9-17(24)10-8-14/h2-4,7-11,15,20-22H,5-6,12H2,1H3. The van der Waals surface area contributed by atoms with Crippen molar-refractivity contribution in [2.24, 2.45) is 5.92 Å². The summed E-state index contributed by atoms with van der Waals surface area (Å²) < 4.78 is 11.9. The summed E-state index contributed by atoms with van der Waals surface area (Å²) in [4.78, 5) is 15.2. The van der Waals surface area contributed by atoms with E-state index >= 15 is 0 Å². The third kappa shape index (κ3) is 4.07. The van der Waals surface area contributed by atoms with E-state index in [0.29, 0.717) is 21.8 Å². The molecule has 31 heavy (non-hydrogen) atoms. The molecule has 1 aliphatic heterocycles. The lowest BCUT2D eigenvalue weighted by atomic mass is 9.90. The predicted octanol–water partition coefficient (Wildman–Crippen LogP) is 5.48. The molecule has 1 saturated heterocycles. The molecule has 5 rings (SSSR count). The van der Waals surface area contributed by atoms with E-state index < -0.39 is 12.1 Å². The molecule has 3 unspecified atom stereocenters. The minimum absolute atomic E-state index is 0.0301. The van der Waals surface area contributed by atoms with E-state index in [-0.39, 0.29) is 24.5 Å². The van der Waals surface area contributed by atoms with Gasteiger partial charge in [-0.3, -0.25) is 4.79 Å². The smallest absolute Gasteiger partial charge is 0.249 e. The van der Waals surface area contributed by atoms with Gasteiger partial charge in [-0.2, -0.15) is 0 Å². The van der Waals surface area contributed by atoms with Crippen LogP contribution in [0.4, 0.5) is 0 Å². The zero-order valence-corrected chi connectivity index (χ0v) is 18.4. The molecule has 1 aromatic heterocycles. The Balaban J connectivity index is 1.64. The van der Waals surface area contributed by atoms with Gasteiger partial charge in [-0.15, -0.1) is 10.2 Å². The molecule has 8 heteroatoms. The molecule has 0 spiro atoms. The summed E-state index contributed by atoms with van der Waals surface area (Å²) in [7, 11) is 0. The number of carbonyl (C=O) groups is 1. The fourth-order valence-electron chi connectivity index (χ4n) is 4.30. The SMILES string of the molecule is Cc1nnc(C(C2CC2)N2C(=O)COC(c3cccc(Cl)c3)C2c2ccc(Cl)cc2)o1. The van der Waals surface area contributed by atoms with Gasteiger partial charge >= 0.3 is 0 Å². The molecule has 1 amide bonds. The summed E-state index contributed by atoms with van der Waals surface area (Å²) in [6.07, 6.45) is 1.61. The third-order valence-corrected chi connectivity index (χ3v) is 6.30. The Morgan fingerprint density at radius 3 is 2.45 bits per heavy atom. The lowest BCUT2D eigenvalue weighted by Crippen LogP contribution is -2.48. The monoisotopic (exact) mass is 457 g/mol. The number of rotatable bonds is 5. The zero-order valence-electron chi connectivity index (χ0n) is 16.9. The van der Waals surface area contributed by atoms with Crippen LogP contribution in [-0.4, -0.2) is 27.6 Å². The van der Waals surface area contributed by atoms with Crippen molar-refractivity contribution < 1.29 is 13.9 Å². The second-order valence-corrected chi connectivity index (χ2v) is 8.90. The molecule has 160 valence electrons. The highest BCUT2D eigenvalue weighted by Gasteiger charge is 2.49. The number of ether oxygens (including phenoxy) is 1. The molecular formula is C23H21Cl2N3O3. The van der Waals surface area contributed by atoms with Crippen molar-refractivity contribution in [3.05, 3.63) is 81.5 Å². The van der Waals surface area contributed by atoms with Crippen LogP contribution in [-0.2, 0) is 9.53 Å². The highest BCUT2D eigenvalue weighted by Crippen LogP contribution is 2.51. The first-order chi connectivity index (χ1) is 15.0. The van der Waals surface area contributed by atoms with Crippen molar-refractivity contribution in [1.29, 1.82) is 0 Å². The summed E-state index contributed by atoms with van der Waals surface area (Å²) in [6.45, 7) is 1.73. The van der Waals surface area contributed by atoms with E-state index in [1.165, 1.54) is 0 Å². The fourth-order valence-corrected chi connectivity index (χ4v) is 4.63. The Morgan fingerprint density at radius 1 is 1.03 bits per heavy atom. The Morgan fingerprint density at radius 2 is 1.81 bits per heavy atom. The van der Waals surface area contributed by atoms with Gasteiger partial charge < -0.3 is 14.1 Å².